The van der Waals surface area contributed by atoms with E-state index in [0.717, 1.165) is 21.1 Å². The number of hydrogen-bond acceptors (Lipinski definition) is 2. The first-order valence-electron chi connectivity index (χ1n) is 4.08. The zero-order chi connectivity index (χ0) is 9.59. The van der Waals surface area contributed by atoms with E-state index in [-0.39, 0.29) is 0 Å². The summed E-state index contributed by atoms with van der Waals surface area (Å²) in [6, 6.07) is 0. The predicted octanol–water partition coefficient (Wildman–Crippen LogP) is 2.65. The van der Waals surface area contributed by atoms with E-state index >= 15 is 0 Å². The summed E-state index contributed by atoms with van der Waals surface area (Å²) in [7, 11) is 0. The van der Waals surface area contributed by atoms with Crippen molar-refractivity contribution in [2.75, 3.05) is 0 Å². The number of aromatic amines is 1. The first kappa shape index (κ1) is 8.69. The van der Waals surface area contributed by atoms with E-state index in [1.54, 1.807) is 0 Å². The SMILES string of the molecule is Cc1c(Br)c(C)c2n[nH]nc2c1C. The predicted molar refractivity (Wildman–Crippen MR) is 55.8 cm³/mol. The van der Waals surface area contributed by atoms with Gasteiger partial charge in [-0.15, -0.1) is 0 Å². The van der Waals surface area contributed by atoms with Gasteiger partial charge in [-0.25, -0.2) is 0 Å². The van der Waals surface area contributed by atoms with Crippen LogP contribution in [-0.4, -0.2) is 15.4 Å². The molecule has 0 unspecified atom stereocenters. The van der Waals surface area contributed by atoms with Crippen LogP contribution in [0, 0.1) is 20.8 Å². The Morgan fingerprint density at radius 2 is 1.46 bits per heavy atom. The monoisotopic (exact) mass is 239 g/mol. The van der Waals surface area contributed by atoms with E-state index in [1.165, 1.54) is 11.1 Å². The minimum atomic E-state index is 0.954. The smallest absolute Gasteiger partial charge is 0.117 e. The summed E-state index contributed by atoms with van der Waals surface area (Å²) >= 11 is 3.55. The van der Waals surface area contributed by atoms with Crippen molar-refractivity contribution in [3.8, 4) is 0 Å². The second-order valence-electron chi connectivity index (χ2n) is 3.21. The van der Waals surface area contributed by atoms with Crippen LogP contribution in [0.1, 0.15) is 16.7 Å². The van der Waals surface area contributed by atoms with Crippen LogP contribution in [0.3, 0.4) is 0 Å². The van der Waals surface area contributed by atoms with Crippen molar-refractivity contribution in [2.45, 2.75) is 20.8 Å². The number of halogens is 1. The van der Waals surface area contributed by atoms with Gasteiger partial charge in [0.25, 0.3) is 0 Å². The fourth-order valence-electron chi connectivity index (χ4n) is 1.48. The van der Waals surface area contributed by atoms with Crippen LogP contribution in [0.25, 0.3) is 11.0 Å². The maximum atomic E-state index is 4.12. The molecule has 4 heteroatoms. The molecule has 0 spiro atoms. The zero-order valence-corrected chi connectivity index (χ0v) is 9.36. The number of aryl methyl sites for hydroxylation is 2. The lowest BCUT2D eigenvalue weighted by atomic mass is 10.0. The number of nitrogens with one attached hydrogen (secondary N) is 1. The molecule has 0 aliphatic rings. The number of hydrogen-bond donors (Lipinski definition) is 1. The minimum Gasteiger partial charge on any atom is -0.197 e. The van der Waals surface area contributed by atoms with Crippen LogP contribution in [0.15, 0.2) is 4.47 Å². The normalized spacial score (nSPS) is 11.1. The third kappa shape index (κ3) is 1.09. The number of nitrogens with zero attached hydrogens (tertiary/aromatic N) is 2. The Hall–Kier alpha value is -0.900. The van der Waals surface area contributed by atoms with Gasteiger partial charge in [0, 0.05) is 4.47 Å². The molecule has 0 radical (unpaired) electrons. The quantitative estimate of drug-likeness (QED) is 0.769. The molecule has 1 aromatic carbocycles. The van der Waals surface area contributed by atoms with Gasteiger partial charge in [0.15, 0.2) is 0 Å². The van der Waals surface area contributed by atoms with Gasteiger partial charge in [-0.3, -0.25) is 0 Å². The fourth-order valence-corrected chi connectivity index (χ4v) is 1.97. The Bertz CT molecular complexity index is 431. The van der Waals surface area contributed by atoms with Crippen molar-refractivity contribution in [1.82, 2.24) is 15.4 Å². The van der Waals surface area contributed by atoms with E-state index in [9.17, 15) is 0 Å². The largest absolute Gasteiger partial charge is 0.197 e. The van der Waals surface area contributed by atoms with E-state index in [0.29, 0.717) is 0 Å². The third-order valence-electron chi connectivity index (χ3n) is 2.48. The van der Waals surface area contributed by atoms with Gasteiger partial charge in [0.05, 0.1) is 0 Å². The second-order valence-corrected chi connectivity index (χ2v) is 4.00. The lowest BCUT2D eigenvalue weighted by molar-refractivity contribution is 0.957. The van der Waals surface area contributed by atoms with E-state index in [1.807, 2.05) is 6.92 Å². The van der Waals surface area contributed by atoms with Crippen LogP contribution < -0.4 is 0 Å². The Morgan fingerprint density at radius 1 is 0.923 bits per heavy atom. The molecule has 2 rings (SSSR count). The molecule has 0 aliphatic carbocycles. The Balaban J connectivity index is 3.02. The maximum Gasteiger partial charge on any atom is 0.117 e. The van der Waals surface area contributed by atoms with Crippen molar-refractivity contribution in [1.29, 1.82) is 0 Å². The zero-order valence-electron chi connectivity index (χ0n) is 7.77. The molecular weight excluding hydrogens is 230 g/mol. The molecule has 0 saturated carbocycles. The van der Waals surface area contributed by atoms with Crippen LogP contribution in [0.2, 0.25) is 0 Å². The van der Waals surface area contributed by atoms with Crippen LogP contribution in [0.4, 0.5) is 0 Å². The minimum absolute atomic E-state index is 0.954. The van der Waals surface area contributed by atoms with Gasteiger partial charge in [0.2, 0.25) is 0 Å². The molecule has 0 aliphatic heterocycles. The summed E-state index contributed by atoms with van der Waals surface area (Å²) in [6.45, 7) is 6.19. The van der Waals surface area contributed by atoms with Gasteiger partial charge in [0.1, 0.15) is 11.0 Å². The first-order chi connectivity index (χ1) is 6.13. The summed E-state index contributed by atoms with van der Waals surface area (Å²) in [6.07, 6.45) is 0. The van der Waals surface area contributed by atoms with Crippen LogP contribution in [-0.2, 0) is 0 Å². The van der Waals surface area contributed by atoms with E-state index < -0.39 is 0 Å². The fraction of sp³-hybridized carbons (Fsp3) is 0.333. The van der Waals surface area contributed by atoms with Gasteiger partial charge in [-0.1, -0.05) is 15.9 Å². The number of fused-ring (bicyclic) bond motifs is 1. The molecule has 68 valence electrons. The van der Waals surface area contributed by atoms with Crippen LogP contribution >= 0.6 is 15.9 Å². The maximum absolute atomic E-state index is 4.12. The standard InChI is InChI=1S/C9H10BrN3/c1-4-5(2)8-9(12-13-11-8)6(3)7(4)10/h1-3H3,(H,11,12,13). The van der Waals surface area contributed by atoms with Crippen molar-refractivity contribution in [3.05, 3.63) is 21.2 Å². The highest BCUT2D eigenvalue weighted by molar-refractivity contribution is 9.10. The van der Waals surface area contributed by atoms with Crippen LogP contribution in [0.5, 0.6) is 0 Å². The van der Waals surface area contributed by atoms with Crippen molar-refractivity contribution >= 4 is 27.0 Å². The van der Waals surface area contributed by atoms with Gasteiger partial charge < -0.3 is 0 Å². The Morgan fingerprint density at radius 3 is 2.08 bits per heavy atom. The van der Waals surface area contributed by atoms with Gasteiger partial charge in [-0.2, -0.15) is 15.4 Å². The lowest BCUT2D eigenvalue weighted by Crippen LogP contribution is -1.89. The molecule has 2 aromatic rings. The number of benzene rings is 1. The summed E-state index contributed by atoms with van der Waals surface area (Å²) in [5.74, 6) is 0. The summed E-state index contributed by atoms with van der Waals surface area (Å²) in [4.78, 5) is 0. The number of aromatic nitrogens is 3. The lowest BCUT2D eigenvalue weighted by Gasteiger charge is -2.06. The summed E-state index contributed by atoms with van der Waals surface area (Å²) in [5.41, 5.74) is 5.49. The highest BCUT2D eigenvalue weighted by Gasteiger charge is 2.12. The number of rotatable bonds is 0. The average Bonchev–Trinajstić information content (AvgIpc) is 2.59. The van der Waals surface area contributed by atoms with E-state index in [2.05, 4.69) is 45.2 Å². The molecular formula is C9H10BrN3. The molecule has 0 saturated heterocycles. The molecule has 0 amide bonds. The topological polar surface area (TPSA) is 41.6 Å². The molecule has 0 atom stereocenters. The average molecular weight is 240 g/mol. The van der Waals surface area contributed by atoms with Crippen molar-refractivity contribution in [3.63, 3.8) is 0 Å². The van der Waals surface area contributed by atoms with E-state index in [4.69, 9.17) is 0 Å². The molecule has 3 nitrogen and oxygen atoms in total. The second kappa shape index (κ2) is 2.80. The molecule has 13 heavy (non-hydrogen) atoms. The van der Waals surface area contributed by atoms with Crippen molar-refractivity contribution in [2.24, 2.45) is 0 Å². The molecule has 1 N–H and O–H groups in total. The molecule has 0 fully saturated rings. The third-order valence-corrected chi connectivity index (χ3v) is 3.67. The summed E-state index contributed by atoms with van der Waals surface area (Å²) < 4.78 is 1.13. The molecule has 1 aromatic heterocycles. The molecule has 0 bridgehead atoms. The highest BCUT2D eigenvalue weighted by atomic mass is 79.9. The van der Waals surface area contributed by atoms with Crippen molar-refractivity contribution < 1.29 is 0 Å². The van der Waals surface area contributed by atoms with Gasteiger partial charge >= 0.3 is 0 Å². The molecule has 1 heterocycles. The Kier molecular flexibility index (Phi) is 1.87. The van der Waals surface area contributed by atoms with Gasteiger partial charge in [-0.05, 0) is 37.5 Å². The Labute approximate surface area is 84.7 Å². The first-order valence-corrected chi connectivity index (χ1v) is 4.88. The number of H-pyrrole nitrogens is 1. The highest BCUT2D eigenvalue weighted by Crippen LogP contribution is 2.30. The summed E-state index contributed by atoms with van der Waals surface area (Å²) in [5, 5.41) is 10.9.